The number of hydrogen-bond donors (Lipinski definition) is 1. The highest BCUT2D eigenvalue weighted by atomic mass is 35.5. The largest absolute Gasteiger partial charge is 0.494 e. The number of fused-ring (bicyclic) bond motifs is 1. The van der Waals surface area contributed by atoms with Gasteiger partial charge < -0.3 is 18.6 Å². The summed E-state index contributed by atoms with van der Waals surface area (Å²) in [5.41, 5.74) is 3.59. The number of halogens is 1. The van der Waals surface area contributed by atoms with Crippen molar-refractivity contribution in [3.8, 4) is 29.6 Å². The average molecular weight is 427 g/mol. The molecule has 0 spiro atoms. The Morgan fingerprint density at radius 1 is 1.30 bits per heavy atom. The molecular weight excluding hydrogens is 408 g/mol. The Morgan fingerprint density at radius 3 is 2.87 bits per heavy atom. The lowest BCUT2D eigenvalue weighted by Gasteiger charge is -2.11. The van der Waals surface area contributed by atoms with Crippen LogP contribution in [-0.4, -0.2) is 32.4 Å². The van der Waals surface area contributed by atoms with Crippen LogP contribution in [0.15, 0.2) is 45.9 Å². The van der Waals surface area contributed by atoms with E-state index < -0.39 is 5.91 Å². The Bertz CT molecular complexity index is 1130. The van der Waals surface area contributed by atoms with E-state index >= 15 is 0 Å². The number of ether oxygens (including phenoxy) is 3. The first kappa shape index (κ1) is 21.1. The van der Waals surface area contributed by atoms with Crippen LogP contribution in [0.5, 0.6) is 17.2 Å². The van der Waals surface area contributed by atoms with Crippen LogP contribution < -0.4 is 19.6 Å². The second kappa shape index (κ2) is 9.72. The molecule has 0 saturated heterocycles. The van der Waals surface area contributed by atoms with Crippen molar-refractivity contribution in [3.05, 3.63) is 52.7 Å². The molecule has 0 aliphatic rings. The number of nitrogens with zero attached hydrogens (tertiary/aromatic N) is 1. The van der Waals surface area contributed by atoms with Gasteiger partial charge in [0.2, 0.25) is 0 Å². The fourth-order valence-corrected chi connectivity index (χ4v) is 2.95. The van der Waals surface area contributed by atoms with Crippen molar-refractivity contribution in [2.45, 2.75) is 6.92 Å². The number of rotatable bonds is 8. The zero-order chi connectivity index (χ0) is 21.5. The van der Waals surface area contributed by atoms with Crippen molar-refractivity contribution in [2.24, 2.45) is 5.10 Å². The summed E-state index contributed by atoms with van der Waals surface area (Å²) in [6, 6.07) is 10.2. The van der Waals surface area contributed by atoms with Crippen LogP contribution >= 0.6 is 11.6 Å². The molecule has 8 heteroatoms. The molecule has 3 rings (SSSR count). The maximum absolute atomic E-state index is 12.3. The first-order chi connectivity index (χ1) is 14.5. The number of hydrogen-bond acceptors (Lipinski definition) is 6. The second-order valence-electron chi connectivity index (χ2n) is 5.97. The van der Waals surface area contributed by atoms with Gasteiger partial charge in [0.1, 0.15) is 17.9 Å². The van der Waals surface area contributed by atoms with Gasteiger partial charge in [-0.15, -0.1) is 6.42 Å². The third-order valence-corrected chi connectivity index (χ3v) is 4.23. The fourth-order valence-electron chi connectivity index (χ4n) is 2.68. The van der Waals surface area contributed by atoms with E-state index in [0.717, 1.165) is 5.39 Å². The maximum Gasteiger partial charge on any atom is 0.307 e. The minimum Gasteiger partial charge on any atom is -0.494 e. The Hall–Kier alpha value is -3.63. The molecule has 0 saturated carbocycles. The molecule has 3 aromatic rings. The Kier molecular flexibility index (Phi) is 6.83. The molecule has 0 aliphatic carbocycles. The van der Waals surface area contributed by atoms with Crippen LogP contribution in [0.2, 0.25) is 5.02 Å². The molecule has 1 heterocycles. The summed E-state index contributed by atoms with van der Waals surface area (Å²) < 4.78 is 21.7. The topological polar surface area (TPSA) is 82.3 Å². The number of methoxy groups -OCH3 is 1. The van der Waals surface area contributed by atoms with E-state index in [1.165, 1.54) is 13.3 Å². The van der Waals surface area contributed by atoms with Crippen LogP contribution in [0.4, 0.5) is 0 Å². The monoisotopic (exact) mass is 426 g/mol. The summed E-state index contributed by atoms with van der Waals surface area (Å²) in [6.45, 7) is 2.51. The van der Waals surface area contributed by atoms with Crippen LogP contribution in [-0.2, 0) is 0 Å². The first-order valence-corrected chi connectivity index (χ1v) is 9.37. The van der Waals surface area contributed by atoms with Crippen molar-refractivity contribution < 1.29 is 23.4 Å². The third kappa shape index (κ3) is 4.85. The van der Waals surface area contributed by atoms with Gasteiger partial charge in [-0.1, -0.05) is 17.5 Å². The van der Waals surface area contributed by atoms with Gasteiger partial charge in [0, 0.05) is 5.39 Å². The van der Waals surface area contributed by atoms with Crippen molar-refractivity contribution >= 4 is 34.7 Å². The maximum atomic E-state index is 12.3. The molecule has 7 nitrogen and oxygen atoms in total. The lowest BCUT2D eigenvalue weighted by molar-refractivity contribution is 0.0929. The molecule has 1 aromatic heterocycles. The number of terminal acetylenes is 1. The summed E-state index contributed by atoms with van der Waals surface area (Å²) in [5.74, 6) is 3.44. The standard InChI is InChI=1S/C22H19ClN2O5/c1-4-8-29-21-17(23)9-14(10-19(21)27-3)13-24-25-22(26)20-12-15-11-16(28-5-2)6-7-18(15)30-20/h1,6-7,9-13H,5,8H2,2-3H3,(H,25,26)/b24-13+. The SMILES string of the molecule is C#CCOc1c(Cl)cc(/C=N/NC(=O)c2cc3cc(OCC)ccc3o2)cc1OC. The molecule has 2 aromatic carbocycles. The van der Waals surface area contributed by atoms with Gasteiger partial charge in [-0.05, 0) is 48.9 Å². The van der Waals surface area contributed by atoms with E-state index in [4.69, 9.17) is 36.7 Å². The molecule has 154 valence electrons. The zero-order valence-corrected chi connectivity index (χ0v) is 17.2. The lowest BCUT2D eigenvalue weighted by Crippen LogP contribution is -2.16. The summed E-state index contributed by atoms with van der Waals surface area (Å²) in [7, 11) is 1.48. The summed E-state index contributed by atoms with van der Waals surface area (Å²) in [4.78, 5) is 12.3. The Morgan fingerprint density at radius 2 is 2.13 bits per heavy atom. The number of nitrogens with one attached hydrogen (secondary N) is 1. The minimum absolute atomic E-state index is 0.0587. The molecule has 0 fully saturated rings. The molecule has 0 unspecified atom stereocenters. The molecule has 0 radical (unpaired) electrons. The molecular formula is C22H19ClN2O5. The molecule has 1 N–H and O–H groups in total. The van der Waals surface area contributed by atoms with E-state index in [9.17, 15) is 4.79 Å². The average Bonchev–Trinajstić information content (AvgIpc) is 3.16. The summed E-state index contributed by atoms with van der Waals surface area (Å²) >= 11 is 6.22. The zero-order valence-electron chi connectivity index (χ0n) is 16.4. The van der Waals surface area contributed by atoms with Crippen LogP contribution in [0, 0.1) is 12.3 Å². The Labute approximate surface area is 178 Å². The number of benzene rings is 2. The van der Waals surface area contributed by atoms with Crippen molar-refractivity contribution in [3.63, 3.8) is 0 Å². The quantitative estimate of drug-likeness (QED) is 0.330. The highest BCUT2D eigenvalue weighted by Gasteiger charge is 2.13. The summed E-state index contributed by atoms with van der Waals surface area (Å²) in [5, 5.41) is 5.01. The normalized spacial score (nSPS) is 10.7. The second-order valence-corrected chi connectivity index (χ2v) is 6.38. The molecule has 30 heavy (non-hydrogen) atoms. The number of furan rings is 1. The molecule has 0 bridgehead atoms. The van der Waals surface area contributed by atoms with E-state index in [2.05, 4.69) is 16.4 Å². The molecule has 1 amide bonds. The highest BCUT2D eigenvalue weighted by molar-refractivity contribution is 6.32. The van der Waals surface area contributed by atoms with Crippen molar-refractivity contribution in [2.75, 3.05) is 20.3 Å². The van der Waals surface area contributed by atoms with Gasteiger partial charge in [-0.25, -0.2) is 5.43 Å². The van der Waals surface area contributed by atoms with Crippen LogP contribution in [0.1, 0.15) is 23.0 Å². The fraction of sp³-hybridized carbons (Fsp3) is 0.182. The van der Waals surface area contributed by atoms with Crippen LogP contribution in [0.3, 0.4) is 0 Å². The first-order valence-electron chi connectivity index (χ1n) is 8.99. The van der Waals surface area contributed by atoms with E-state index in [1.54, 1.807) is 36.4 Å². The lowest BCUT2D eigenvalue weighted by atomic mass is 10.2. The Balaban J connectivity index is 1.72. The highest BCUT2D eigenvalue weighted by Crippen LogP contribution is 2.36. The number of amides is 1. The summed E-state index contributed by atoms with van der Waals surface area (Å²) in [6.07, 6.45) is 6.62. The molecule has 0 atom stereocenters. The van der Waals surface area contributed by atoms with E-state index in [1.807, 2.05) is 6.92 Å². The predicted molar refractivity (Wildman–Crippen MR) is 115 cm³/mol. The number of carbonyl (C=O) groups excluding carboxylic acids is 1. The van der Waals surface area contributed by atoms with Gasteiger partial charge in [0.15, 0.2) is 17.3 Å². The van der Waals surface area contributed by atoms with Crippen molar-refractivity contribution in [1.82, 2.24) is 5.43 Å². The smallest absolute Gasteiger partial charge is 0.307 e. The van der Waals surface area contributed by atoms with Crippen molar-refractivity contribution in [1.29, 1.82) is 0 Å². The van der Waals surface area contributed by atoms with Crippen LogP contribution in [0.25, 0.3) is 11.0 Å². The predicted octanol–water partition coefficient (Wildman–Crippen LogP) is 4.27. The number of carbonyl (C=O) groups is 1. The van der Waals surface area contributed by atoms with Gasteiger partial charge in [-0.2, -0.15) is 5.10 Å². The molecule has 0 aliphatic heterocycles. The van der Waals surface area contributed by atoms with Gasteiger partial charge >= 0.3 is 5.91 Å². The third-order valence-electron chi connectivity index (χ3n) is 3.95. The van der Waals surface area contributed by atoms with E-state index in [-0.39, 0.29) is 12.4 Å². The van der Waals surface area contributed by atoms with E-state index in [0.29, 0.717) is 40.0 Å². The number of hydrazone groups is 1. The van der Waals surface area contributed by atoms with Gasteiger partial charge in [0.05, 0.1) is 25.0 Å². The van der Waals surface area contributed by atoms with Gasteiger partial charge in [-0.3, -0.25) is 4.79 Å². The minimum atomic E-state index is -0.493. The van der Waals surface area contributed by atoms with Gasteiger partial charge in [0.25, 0.3) is 0 Å².